The van der Waals surface area contributed by atoms with E-state index in [1.54, 1.807) is 0 Å². The van der Waals surface area contributed by atoms with Crippen molar-refractivity contribution in [2.75, 3.05) is 59.5 Å². The first-order valence-electron chi connectivity index (χ1n) is 10.7. The van der Waals surface area contributed by atoms with Gasteiger partial charge in [0.15, 0.2) is 5.96 Å². The zero-order valence-corrected chi connectivity index (χ0v) is 18.1. The topological polar surface area (TPSA) is 63.1 Å². The number of aliphatic hydroxyl groups is 1. The van der Waals surface area contributed by atoms with E-state index in [0.29, 0.717) is 18.5 Å². The van der Waals surface area contributed by atoms with Crippen molar-refractivity contribution in [1.82, 2.24) is 20.4 Å². The van der Waals surface area contributed by atoms with Crippen LogP contribution in [0.25, 0.3) is 0 Å². The van der Waals surface area contributed by atoms with Crippen LogP contribution in [0.3, 0.4) is 0 Å². The summed E-state index contributed by atoms with van der Waals surface area (Å²) in [5, 5.41) is 16.6. The molecule has 158 valence electrons. The van der Waals surface area contributed by atoms with Gasteiger partial charge in [-0.1, -0.05) is 44.2 Å². The minimum atomic E-state index is 0.0589. The van der Waals surface area contributed by atoms with Crippen LogP contribution in [-0.2, 0) is 0 Å². The van der Waals surface area contributed by atoms with Gasteiger partial charge >= 0.3 is 0 Å². The van der Waals surface area contributed by atoms with Crippen molar-refractivity contribution in [2.45, 2.75) is 32.7 Å². The molecule has 6 heteroatoms. The van der Waals surface area contributed by atoms with E-state index in [1.807, 2.05) is 18.2 Å². The van der Waals surface area contributed by atoms with Gasteiger partial charge in [0.25, 0.3) is 0 Å². The second kappa shape index (κ2) is 12.0. The van der Waals surface area contributed by atoms with Crippen LogP contribution in [0.15, 0.2) is 35.3 Å². The van der Waals surface area contributed by atoms with Crippen LogP contribution in [0, 0.1) is 5.92 Å². The van der Waals surface area contributed by atoms with E-state index in [4.69, 9.17) is 4.99 Å². The molecule has 1 saturated heterocycles. The monoisotopic (exact) mass is 389 g/mol. The van der Waals surface area contributed by atoms with Gasteiger partial charge < -0.3 is 20.6 Å². The number of aliphatic hydroxyl groups excluding tert-OH is 1. The highest BCUT2D eigenvalue weighted by Gasteiger charge is 2.24. The number of nitrogens with one attached hydrogen (secondary N) is 2. The number of rotatable bonds is 9. The molecule has 1 aromatic carbocycles. The quantitative estimate of drug-likeness (QED) is 0.442. The average Bonchev–Trinajstić information content (AvgIpc) is 2.70. The molecule has 28 heavy (non-hydrogen) atoms. The third-order valence-electron chi connectivity index (χ3n) is 5.56. The molecule has 0 saturated carbocycles. The van der Waals surface area contributed by atoms with Gasteiger partial charge in [0.2, 0.25) is 0 Å². The molecule has 1 aromatic rings. The van der Waals surface area contributed by atoms with Crippen molar-refractivity contribution < 1.29 is 5.11 Å². The summed E-state index contributed by atoms with van der Waals surface area (Å²) in [5.74, 6) is 1.45. The van der Waals surface area contributed by atoms with Crippen LogP contribution < -0.4 is 10.6 Å². The Morgan fingerprint density at radius 2 is 1.79 bits per heavy atom. The summed E-state index contributed by atoms with van der Waals surface area (Å²) < 4.78 is 0. The molecule has 0 amide bonds. The first-order chi connectivity index (χ1) is 13.5. The molecule has 6 nitrogen and oxygen atoms in total. The number of nitrogens with zero attached hydrogens (tertiary/aromatic N) is 3. The lowest BCUT2D eigenvalue weighted by Crippen LogP contribution is -2.52. The van der Waals surface area contributed by atoms with E-state index in [1.165, 1.54) is 0 Å². The summed E-state index contributed by atoms with van der Waals surface area (Å²) in [7, 11) is 2.19. The molecule has 2 unspecified atom stereocenters. The summed E-state index contributed by atoms with van der Waals surface area (Å²) >= 11 is 0. The predicted octanol–water partition coefficient (Wildman–Crippen LogP) is 1.59. The first kappa shape index (κ1) is 22.7. The van der Waals surface area contributed by atoms with Crippen molar-refractivity contribution in [2.24, 2.45) is 10.9 Å². The lowest BCUT2D eigenvalue weighted by Gasteiger charge is -2.39. The van der Waals surface area contributed by atoms with Gasteiger partial charge in [-0.05, 0) is 25.5 Å². The molecule has 0 bridgehead atoms. The molecular weight excluding hydrogens is 350 g/mol. The highest BCUT2D eigenvalue weighted by molar-refractivity contribution is 5.79. The summed E-state index contributed by atoms with van der Waals surface area (Å²) in [6.07, 6.45) is 0. The lowest BCUT2D eigenvalue weighted by atomic mass is 10.0. The number of benzene rings is 1. The van der Waals surface area contributed by atoms with Crippen LogP contribution in [0.5, 0.6) is 0 Å². The highest BCUT2D eigenvalue weighted by Crippen LogP contribution is 2.15. The second-order valence-electron chi connectivity index (χ2n) is 8.04. The van der Waals surface area contributed by atoms with Gasteiger partial charge in [-0.2, -0.15) is 0 Å². The SMILES string of the molecule is CCNC(=NCC(C(C)C)N1CCN(C)CC1)NCC(CO)c1ccccc1. The van der Waals surface area contributed by atoms with Gasteiger partial charge in [-0.15, -0.1) is 0 Å². The zero-order valence-electron chi connectivity index (χ0n) is 18.1. The zero-order chi connectivity index (χ0) is 20.4. The van der Waals surface area contributed by atoms with Crippen LogP contribution in [0.4, 0.5) is 0 Å². The molecule has 0 radical (unpaired) electrons. The van der Waals surface area contributed by atoms with Crippen LogP contribution in [0.2, 0.25) is 0 Å². The lowest BCUT2D eigenvalue weighted by molar-refractivity contribution is 0.0925. The Hall–Kier alpha value is -1.63. The van der Waals surface area contributed by atoms with Gasteiger partial charge in [0.05, 0.1) is 13.2 Å². The van der Waals surface area contributed by atoms with Crippen molar-refractivity contribution in [3.63, 3.8) is 0 Å². The highest BCUT2D eigenvalue weighted by atomic mass is 16.3. The van der Waals surface area contributed by atoms with E-state index in [9.17, 15) is 5.11 Å². The van der Waals surface area contributed by atoms with Crippen molar-refractivity contribution in [1.29, 1.82) is 0 Å². The number of likely N-dealkylation sites (N-methyl/N-ethyl adjacent to an activating group) is 1. The minimum Gasteiger partial charge on any atom is -0.396 e. The smallest absolute Gasteiger partial charge is 0.191 e. The van der Waals surface area contributed by atoms with E-state index in [0.717, 1.165) is 50.8 Å². The Labute approximate surface area is 171 Å². The van der Waals surface area contributed by atoms with Gasteiger partial charge in [-0.25, -0.2) is 0 Å². The van der Waals surface area contributed by atoms with Crippen molar-refractivity contribution in [3.05, 3.63) is 35.9 Å². The van der Waals surface area contributed by atoms with E-state index < -0.39 is 0 Å². The number of aliphatic imine (C=N–C) groups is 1. The summed E-state index contributed by atoms with van der Waals surface area (Å²) in [5.41, 5.74) is 1.14. The Bertz CT molecular complexity index is 570. The number of hydrogen-bond donors (Lipinski definition) is 3. The molecule has 1 fully saturated rings. The van der Waals surface area contributed by atoms with Gasteiger partial charge in [0, 0.05) is 51.2 Å². The van der Waals surface area contributed by atoms with E-state index in [-0.39, 0.29) is 12.5 Å². The van der Waals surface area contributed by atoms with Gasteiger partial charge in [-0.3, -0.25) is 9.89 Å². The maximum atomic E-state index is 9.79. The Morgan fingerprint density at radius 3 is 2.36 bits per heavy atom. The molecule has 0 aromatic heterocycles. The fourth-order valence-electron chi connectivity index (χ4n) is 3.66. The molecule has 1 aliphatic rings. The standard InChI is InChI=1S/C22H39N5O/c1-5-23-22(24-15-20(17-28)19-9-7-6-8-10-19)25-16-21(18(2)3)27-13-11-26(4)12-14-27/h6-10,18,20-21,28H,5,11-17H2,1-4H3,(H2,23,24,25). The number of hydrogen-bond acceptors (Lipinski definition) is 4. The first-order valence-corrected chi connectivity index (χ1v) is 10.7. The fourth-order valence-corrected chi connectivity index (χ4v) is 3.66. The third kappa shape index (κ3) is 7.08. The largest absolute Gasteiger partial charge is 0.396 e. The van der Waals surface area contributed by atoms with Crippen molar-refractivity contribution >= 4 is 5.96 Å². The fraction of sp³-hybridized carbons (Fsp3) is 0.682. The number of guanidine groups is 1. The average molecular weight is 390 g/mol. The summed E-state index contributed by atoms with van der Waals surface area (Å²) in [4.78, 5) is 9.86. The molecule has 3 N–H and O–H groups in total. The minimum absolute atomic E-state index is 0.0589. The predicted molar refractivity (Wildman–Crippen MR) is 118 cm³/mol. The molecule has 1 heterocycles. The van der Waals surface area contributed by atoms with E-state index >= 15 is 0 Å². The van der Waals surface area contributed by atoms with Gasteiger partial charge in [0.1, 0.15) is 0 Å². The molecular formula is C22H39N5O. The number of piperazine rings is 1. The van der Waals surface area contributed by atoms with Crippen LogP contribution >= 0.6 is 0 Å². The molecule has 0 aliphatic carbocycles. The Kier molecular flexibility index (Phi) is 9.75. The van der Waals surface area contributed by atoms with E-state index in [2.05, 4.69) is 60.4 Å². The maximum Gasteiger partial charge on any atom is 0.191 e. The molecule has 2 atom stereocenters. The Balaban J connectivity index is 1.97. The normalized spacial score (nSPS) is 18.9. The van der Waals surface area contributed by atoms with Crippen LogP contribution in [0.1, 0.15) is 32.3 Å². The summed E-state index contributed by atoms with van der Waals surface area (Å²) in [6, 6.07) is 10.6. The molecule has 2 rings (SSSR count). The Morgan fingerprint density at radius 1 is 1.11 bits per heavy atom. The third-order valence-corrected chi connectivity index (χ3v) is 5.56. The molecule has 0 spiro atoms. The van der Waals surface area contributed by atoms with Crippen LogP contribution in [-0.4, -0.2) is 86.4 Å². The van der Waals surface area contributed by atoms with Crippen molar-refractivity contribution in [3.8, 4) is 0 Å². The second-order valence-corrected chi connectivity index (χ2v) is 8.04. The molecule has 1 aliphatic heterocycles. The summed E-state index contributed by atoms with van der Waals surface area (Å²) in [6.45, 7) is 13.5. The maximum absolute atomic E-state index is 9.79.